The minimum absolute atomic E-state index is 0.236. The van der Waals surface area contributed by atoms with Crippen LogP contribution in [0.3, 0.4) is 0 Å². The second-order valence-corrected chi connectivity index (χ2v) is 9.15. The lowest BCUT2D eigenvalue weighted by molar-refractivity contribution is -0.143. The molecule has 2 N–H and O–H groups in total. The highest BCUT2D eigenvalue weighted by atomic mass is 79.9. The van der Waals surface area contributed by atoms with E-state index >= 15 is 0 Å². The summed E-state index contributed by atoms with van der Waals surface area (Å²) in [5, 5.41) is 9.98. The Morgan fingerprint density at radius 3 is 2.68 bits per heavy atom. The molecule has 0 saturated carbocycles. The average Bonchev–Trinajstić information content (AvgIpc) is 3.32. The molecule has 7 nitrogen and oxygen atoms in total. The van der Waals surface area contributed by atoms with Gasteiger partial charge < -0.3 is 14.9 Å². The van der Waals surface area contributed by atoms with Gasteiger partial charge in [0.2, 0.25) is 0 Å². The number of nitrogens with two attached hydrogens (primary N) is 1. The Morgan fingerprint density at radius 2 is 2.03 bits per heavy atom. The number of aliphatic imine (C=N–C) groups is 1. The number of nitrogens with zero attached hydrogens (tertiary/aromatic N) is 3. The fourth-order valence-electron chi connectivity index (χ4n) is 3.42. The van der Waals surface area contributed by atoms with Crippen LogP contribution in [-0.4, -0.2) is 22.1 Å². The zero-order valence-corrected chi connectivity index (χ0v) is 19.5. The molecule has 0 amide bonds. The normalized spacial score (nSPS) is 18.3. The molecule has 1 aromatic heterocycles. The topological polar surface area (TPSA) is 105 Å². The van der Waals surface area contributed by atoms with Crippen molar-refractivity contribution in [3.05, 3.63) is 68.6 Å². The van der Waals surface area contributed by atoms with Gasteiger partial charge in [0.25, 0.3) is 0 Å². The molecule has 0 spiro atoms. The van der Waals surface area contributed by atoms with E-state index in [0.29, 0.717) is 32.9 Å². The Morgan fingerprint density at radius 1 is 1.32 bits per heavy atom. The molecule has 0 bridgehead atoms. The maximum Gasteiger partial charge on any atom is 0.338 e. The van der Waals surface area contributed by atoms with Crippen molar-refractivity contribution in [3.8, 4) is 17.4 Å². The predicted molar refractivity (Wildman–Crippen MR) is 122 cm³/mol. The van der Waals surface area contributed by atoms with E-state index in [0.717, 1.165) is 10.0 Å². The Bertz CT molecular complexity index is 1190. The van der Waals surface area contributed by atoms with Crippen molar-refractivity contribution in [2.24, 2.45) is 10.7 Å². The number of hydrogen-bond donors (Lipinski definition) is 1. The maximum atomic E-state index is 13.0. The molecular formula is C22H19BrN4O3S. The van der Waals surface area contributed by atoms with E-state index in [1.807, 2.05) is 36.4 Å². The Labute approximate surface area is 192 Å². The average molecular weight is 499 g/mol. The number of halogens is 1. The van der Waals surface area contributed by atoms with Gasteiger partial charge >= 0.3 is 5.97 Å². The molecule has 2 aliphatic rings. The van der Waals surface area contributed by atoms with Gasteiger partial charge in [-0.3, -0.25) is 4.90 Å². The third kappa shape index (κ3) is 3.89. The van der Waals surface area contributed by atoms with Crippen molar-refractivity contribution in [3.63, 3.8) is 0 Å². The van der Waals surface area contributed by atoms with E-state index < -0.39 is 12.0 Å². The van der Waals surface area contributed by atoms with Gasteiger partial charge in [0, 0.05) is 10.0 Å². The number of thioether (sulfide) groups is 1. The summed E-state index contributed by atoms with van der Waals surface area (Å²) in [6.07, 6.45) is -0.302. The molecule has 0 unspecified atom stereocenters. The second-order valence-electron chi connectivity index (χ2n) is 7.26. The first-order chi connectivity index (χ1) is 14.8. The second kappa shape index (κ2) is 8.29. The fourth-order valence-corrected chi connectivity index (χ4v) is 4.60. The molecular weight excluding hydrogens is 480 g/mol. The number of nitriles is 1. The van der Waals surface area contributed by atoms with Crippen molar-refractivity contribution < 1.29 is 13.9 Å². The van der Waals surface area contributed by atoms with Crippen LogP contribution < -0.4 is 5.73 Å². The number of fused-ring (bicyclic) bond motifs is 1. The molecule has 0 aliphatic carbocycles. The Kier molecular flexibility index (Phi) is 5.69. The number of hydrogen-bond acceptors (Lipinski definition) is 8. The molecule has 9 heteroatoms. The van der Waals surface area contributed by atoms with Crippen LogP contribution in [0.2, 0.25) is 0 Å². The summed E-state index contributed by atoms with van der Waals surface area (Å²) in [6, 6.07) is 12.8. The monoisotopic (exact) mass is 498 g/mol. The maximum absolute atomic E-state index is 13.0. The lowest BCUT2D eigenvalue weighted by atomic mass is 9.99. The Balaban J connectivity index is 1.82. The first kappa shape index (κ1) is 21.3. The summed E-state index contributed by atoms with van der Waals surface area (Å²) in [7, 11) is 0. The number of ether oxygens (including phenoxy) is 1. The van der Waals surface area contributed by atoms with E-state index in [2.05, 4.69) is 27.0 Å². The predicted octanol–water partition coefficient (Wildman–Crippen LogP) is 5.05. The van der Waals surface area contributed by atoms with Gasteiger partial charge in [0.1, 0.15) is 34.4 Å². The van der Waals surface area contributed by atoms with Gasteiger partial charge in [-0.25, -0.2) is 9.79 Å². The molecule has 158 valence electrons. The summed E-state index contributed by atoms with van der Waals surface area (Å²) in [4.78, 5) is 19.5. The molecule has 1 atom stereocenters. The van der Waals surface area contributed by atoms with E-state index in [-0.39, 0.29) is 11.9 Å². The van der Waals surface area contributed by atoms with Crippen LogP contribution >= 0.6 is 27.7 Å². The molecule has 31 heavy (non-hydrogen) atoms. The zero-order valence-electron chi connectivity index (χ0n) is 17.0. The number of rotatable bonds is 4. The molecule has 0 radical (unpaired) electrons. The van der Waals surface area contributed by atoms with E-state index in [1.165, 1.54) is 11.8 Å². The van der Waals surface area contributed by atoms with Gasteiger partial charge in [0.05, 0.1) is 17.4 Å². The van der Waals surface area contributed by atoms with Crippen molar-refractivity contribution in [1.82, 2.24) is 4.90 Å². The van der Waals surface area contributed by atoms with Gasteiger partial charge in [-0.05, 0) is 56.8 Å². The molecule has 4 rings (SSSR count). The van der Waals surface area contributed by atoms with Crippen molar-refractivity contribution >= 4 is 38.8 Å². The van der Waals surface area contributed by atoms with Crippen LogP contribution in [0.4, 0.5) is 0 Å². The van der Waals surface area contributed by atoms with E-state index in [4.69, 9.17) is 14.9 Å². The van der Waals surface area contributed by atoms with Crippen LogP contribution in [-0.2, 0) is 9.53 Å². The molecule has 0 fully saturated rings. The van der Waals surface area contributed by atoms with Crippen LogP contribution in [0.5, 0.6) is 0 Å². The van der Waals surface area contributed by atoms with Crippen molar-refractivity contribution in [2.45, 2.75) is 32.9 Å². The summed E-state index contributed by atoms with van der Waals surface area (Å²) >= 11 is 4.60. The highest BCUT2D eigenvalue weighted by Gasteiger charge is 2.44. The quantitative estimate of drug-likeness (QED) is 0.588. The van der Waals surface area contributed by atoms with Crippen LogP contribution in [0, 0.1) is 11.3 Å². The number of esters is 1. The summed E-state index contributed by atoms with van der Waals surface area (Å²) in [6.45, 7) is 5.31. The van der Waals surface area contributed by atoms with Gasteiger partial charge in [-0.15, -0.1) is 0 Å². The van der Waals surface area contributed by atoms with Crippen LogP contribution in [0.25, 0.3) is 11.3 Å². The molecule has 0 saturated heterocycles. The standard InChI is InChI=1S/C22H19BrN4O3S/c1-11(2)29-21(28)18-12(3)26-22-27(20(25)17(10-24)31-22)19(18)16-9-8-15(30-16)13-4-6-14(23)7-5-13/h4-9,11,19H,25H2,1-3H3/t19-/m0/s1. The summed E-state index contributed by atoms with van der Waals surface area (Å²) < 4.78 is 12.6. The van der Waals surface area contributed by atoms with E-state index in [1.54, 1.807) is 25.7 Å². The van der Waals surface area contributed by atoms with Crippen LogP contribution in [0.15, 0.2) is 72.3 Å². The smallest absolute Gasteiger partial charge is 0.338 e. The SMILES string of the molecule is CC1=C(C(=O)OC(C)C)[C@H](c2ccc(-c3ccc(Br)cc3)o2)N2C(=N1)SC(C#N)=C2N. The number of carbonyl (C=O) groups excluding carboxylic acids is 1. The molecule has 3 heterocycles. The van der Waals surface area contributed by atoms with Crippen LogP contribution in [0.1, 0.15) is 32.6 Å². The van der Waals surface area contributed by atoms with E-state index in [9.17, 15) is 10.1 Å². The van der Waals surface area contributed by atoms with Gasteiger partial charge in [-0.2, -0.15) is 5.26 Å². The van der Waals surface area contributed by atoms with Crippen molar-refractivity contribution in [2.75, 3.05) is 0 Å². The highest BCUT2D eigenvalue weighted by molar-refractivity contribution is 9.10. The highest BCUT2D eigenvalue weighted by Crippen LogP contribution is 2.46. The summed E-state index contributed by atoms with van der Waals surface area (Å²) in [5.74, 6) is 0.893. The molecule has 1 aromatic carbocycles. The minimum Gasteiger partial charge on any atom is -0.459 e. The Hall–Kier alpha value is -2.96. The number of amidine groups is 1. The lowest BCUT2D eigenvalue weighted by Crippen LogP contribution is -2.38. The van der Waals surface area contributed by atoms with Crippen molar-refractivity contribution in [1.29, 1.82) is 5.26 Å². The number of carbonyl (C=O) groups is 1. The molecule has 2 aliphatic heterocycles. The first-order valence-corrected chi connectivity index (χ1v) is 11.1. The van der Waals surface area contributed by atoms with Gasteiger partial charge in [0.15, 0.2) is 5.17 Å². The fraction of sp³-hybridized carbons (Fsp3) is 0.227. The first-order valence-electron chi connectivity index (χ1n) is 9.53. The number of benzene rings is 1. The van der Waals surface area contributed by atoms with Gasteiger partial charge in [-0.1, -0.05) is 28.1 Å². The summed E-state index contributed by atoms with van der Waals surface area (Å²) in [5.41, 5.74) is 8.00. The zero-order chi connectivity index (χ0) is 22.3. The minimum atomic E-state index is -0.693. The third-order valence-corrected chi connectivity index (χ3v) is 6.27. The third-order valence-electron chi connectivity index (χ3n) is 4.77. The number of furan rings is 1. The lowest BCUT2D eigenvalue weighted by Gasteiger charge is -2.33. The molecule has 2 aromatic rings. The number of allylic oxidation sites excluding steroid dienone is 2. The largest absolute Gasteiger partial charge is 0.459 e.